The molecule has 20 heavy (non-hydrogen) atoms. The molecule has 3 rings (SSSR count). The maximum absolute atomic E-state index is 6.08. The summed E-state index contributed by atoms with van der Waals surface area (Å²) in [5.74, 6) is 1.03. The van der Waals surface area contributed by atoms with E-state index in [1.54, 1.807) is 6.20 Å². The standard InChI is InChI=1S/C16H17BrN2O/c1-16(2)9-11-5-3-6-12(14(11)20-16)10-19-13-7-4-8-18-15(13)17/h3-8,19H,9-10H2,1-2H3. The minimum absolute atomic E-state index is 0.104. The Balaban J connectivity index is 1.80. The van der Waals surface area contributed by atoms with E-state index in [9.17, 15) is 0 Å². The average Bonchev–Trinajstić information content (AvgIpc) is 2.72. The number of fused-ring (bicyclic) bond motifs is 1. The van der Waals surface area contributed by atoms with Crippen molar-refractivity contribution in [2.45, 2.75) is 32.4 Å². The second-order valence-corrected chi connectivity index (χ2v) is 6.39. The Morgan fingerprint density at radius 3 is 2.95 bits per heavy atom. The lowest BCUT2D eigenvalue weighted by Crippen LogP contribution is -2.25. The quantitative estimate of drug-likeness (QED) is 0.856. The van der Waals surface area contributed by atoms with Crippen LogP contribution < -0.4 is 10.1 Å². The lowest BCUT2D eigenvalue weighted by atomic mass is 10.0. The molecule has 0 spiro atoms. The highest BCUT2D eigenvalue weighted by molar-refractivity contribution is 9.10. The van der Waals surface area contributed by atoms with Gasteiger partial charge in [-0.25, -0.2) is 4.98 Å². The first kappa shape index (κ1) is 13.4. The zero-order chi connectivity index (χ0) is 14.2. The number of halogens is 1. The van der Waals surface area contributed by atoms with Crippen LogP contribution in [0.4, 0.5) is 5.69 Å². The van der Waals surface area contributed by atoms with E-state index in [-0.39, 0.29) is 5.60 Å². The van der Waals surface area contributed by atoms with Crippen LogP contribution in [0.25, 0.3) is 0 Å². The first-order valence-corrected chi connectivity index (χ1v) is 7.49. The van der Waals surface area contributed by atoms with E-state index in [1.807, 2.05) is 12.1 Å². The molecule has 0 aliphatic carbocycles. The fraction of sp³-hybridized carbons (Fsp3) is 0.312. The molecule has 2 heterocycles. The van der Waals surface area contributed by atoms with Crippen LogP contribution in [0.15, 0.2) is 41.1 Å². The molecule has 0 unspecified atom stereocenters. The van der Waals surface area contributed by atoms with E-state index in [2.05, 4.69) is 58.3 Å². The Bertz CT molecular complexity index is 640. The molecule has 1 aromatic carbocycles. The van der Waals surface area contributed by atoms with Gasteiger partial charge in [0.05, 0.1) is 5.69 Å². The molecule has 2 aromatic rings. The summed E-state index contributed by atoms with van der Waals surface area (Å²) >= 11 is 3.45. The summed E-state index contributed by atoms with van der Waals surface area (Å²) < 4.78 is 6.90. The van der Waals surface area contributed by atoms with Gasteiger partial charge in [0.25, 0.3) is 0 Å². The highest BCUT2D eigenvalue weighted by Crippen LogP contribution is 2.37. The number of hydrogen-bond donors (Lipinski definition) is 1. The van der Waals surface area contributed by atoms with Crippen molar-refractivity contribution in [3.05, 3.63) is 52.3 Å². The lowest BCUT2D eigenvalue weighted by Gasteiger charge is -2.18. The number of para-hydroxylation sites is 1. The Labute approximate surface area is 127 Å². The summed E-state index contributed by atoms with van der Waals surface area (Å²) in [4.78, 5) is 4.21. The summed E-state index contributed by atoms with van der Waals surface area (Å²) in [5.41, 5.74) is 3.36. The van der Waals surface area contributed by atoms with Gasteiger partial charge in [0.1, 0.15) is 16.0 Å². The average molecular weight is 333 g/mol. The van der Waals surface area contributed by atoms with Crippen molar-refractivity contribution in [2.75, 3.05) is 5.32 Å². The molecular weight excluding hydrogens is 316 g/mol. The predicted molar refractivity (Wildman–Crippen MR) is 84.1 cm³/mol. The van der Waals surface area contributed by atoms with Gasteiger partial charge in [-0.15, -0.1) is 0 Å². The molecule has 1 N–H and O–H groups in total. The van der Waals surface area contributed by atoms with Crippen molar-refractivity contribution in [1.29, 1.82) is 0 Å². The van der Waals surface area contributed by atoms with E-state index in [4.69, 9.17) is 4.74 Å². The second-order valence-electron chi connectivity index (χ2n) is 5.64. The molecule has 0 fully saturated rings. The Morgan fingerprint density at radius 1 is 1.30 bits per heavy atom. The maximum atomic E-state index is 6.08. The fourth-order valence-corrected chi connectivity index (χ4v) is 2.92. The summed E-state index contributed by atoms with van der Waals surface area (Å²) in [6.45, 7) is 4.98. The summed E-state index contributed by atoms with van der Waals surface area (Å²) in [5, 5.41) is 3.40. The van der Waals surface area contributed by atoms with Crippen LogP contribution in [-0.4, -0.2) is 10.6 Å². The second kappa shape index (κ2) is 5.09. The largest absolute Gasteiger partial charge is 0.487 e. The van der Waals surface area contributed by atoms with E-state index in [0.717, 1.165) is 29.0 Å². The molecule has 3 nitrogen and oxygen atoms in total. The zero-order valence-corrected chi connectivity index (χ0v) is 13.2. The molecule has 0 radical (unpaired) electrons. The fourth-order valence-electron chi connectivity index (χ4n) is 2.53. The van der Waals surface area contributed by atoms with Crippen molar-refractivity contribution < 1.29 is 4.74 Å². The number of anilines is 1. The van der Waals surface area contributed by atoms with E-state index >= 15 is 0 Å². The predicted octanol–water partition coefficient (Wildman–Crippen LogP) is 4.17. The number of aromatic nitrogens is 1. The molecule has 4 heteroatoms. The van der Waals surface area contributed by atoms with Gasteiger partial charge in [-0.05, 0) is 47.5 Å². The molecule has 0 amide bonds. The van der Waals surface area contributed by atoms with Gasteiger partial charge < -0.3 is 10.1 Å². The number of pyridine rings is 1. The topological polar surface area (TPSA) is 34.2 Å². The number of ether oxygens (including phenoxy) is 1. The molecule has 1 aliphatic rings. The van der Waals surface area contributed by atoms with Crippen molar-refractivity contribution in [2.24, 2.45) is 0 Å². The smallest absolute Gasteiger partial charge is 0.129 e. The number of benzene rings is 1. The van der Waals surface area contributed by atoms with Crippen molar-refractivity contribution in [1.82, 2.24) is 4.98 Å². The van der Waals surface area contributed by atoms with Crippen molar-refractivity contribution in [3.8, 4) is 5.75 Å². The third kappa shape index (κ3) is 2.66. The molecular formula is C16H17BrN2O. The minimum Gasteiger partial charge on any atom is -0.487 e. The Kier molecular flexibility index (Phi) is 3.42. The summed E-state index contributed by atoms with van der Waals surface area (Å²) in [7, 11) is 0. The monoisotopic (exact) mass is 332 g/mol. The zero-order valence-electron chi connectivity index (χ0n) is 11.6. The number of nitrogens with one attached hydrogen (secondary N) is 1. The number of hydrogen-bond acceptors (Lipinski definition) is 3. The summed E-state index contributed by atoms with van der Waals surface area (Å²) in [6.07, 6.45) is 2.73. The molecule has 0 saturated heterocycles. The van der Waals surface area contributed by atoms with Crippen LogP contribution in [-0.2, 0) is 13.0 Å². The Hall–Kier alpha value is -1.55. The summed E-state index contributed by atoms with van der Waals surface area (Å²) in [6, 6.07) is 10.3. The molecule has 0 saturated carbocycles. The SMILES string of the molecule is CC1(C)Cc2cccc(CNc3cccnc3Br)c2O1. The highest BCUT2D eigenvalue weighted by atomic mass is 79.9. The Morgan fingerprint density at radius 2 is 2.15 bits per heavy atom. The van der Waals surface area contributed by atoms with Gasteiger partial charge in [-0.3, -0.25) is 0 Å². The van der Waals surface area contributed by atoms with Crippen LogP contribution in [0.1, 0.15) is 25.0 Å². The third-order valence-corrected chi connectivity index (χ3v) is 4.03. The van der Waals surface area contributed by atoms with Crippen molar-refractivity contribution in [3.63, 3.8) is 0 Å². The molecule has 1 aliphatic heterocycles. The number of nitrogens with zero attached hydrogens (tertiary/aromatic N) is 1. The molecule has 0 atom stereocenters. The van der Waals surface area contributed by atoms with Gasteiger partial charge in [0, 0.05) is 24.7 Å². The first-order valence-electron chi connectivity index (χ1n) is 6.69. The van der Waals surface area contributed by atoms with Crippen LogP contribution in [0.3, 0.4) is 0 Å². The van der Waals surface area contributed by atoms with Crippen LogP contribution >= 0.6 is 15.9 Å². The van der Waals surface area contributed by atoms with Crippen LogP contribution in [0, 0.1) is 0 Å². The molecule has 1 aromatic heterocycles. The van der Waals surface area contributed by atoms with Crippen LogP contribution in [0.5, 0.6) is 5.75 Å². The third-order valence-electron chi connectivity index (χ3n) is 3.40. The molecule has 104 valence electrons. The van der Waals surface area contributed by atoms with Crippen molar-refractivity contribution >= 4 is 21.6 Å². The van der Waals surface area contributed by atoms with Gasteiger partial charge in [-0.1, -0.05) is 18.2 Å². The lowest BCUT2D eigenvalue weighted by molar-refractivity contribution is 0.137. The van der Waals surface area contributed by atoms with E-state index in [1.165, 1.54) is 11.1 Å². The van der Waals surface area contributed by atoms with E-state index in [0.29, 0.717) is 0 Å². The van der Waals surface area contributed by atoms with Crippen LogP contribution in [0.2, 0.25) is 0 Å². The molecule has 0 bridgehead atoms. The maximum Gasteiger partial charge on any atom is 0.129 e. The van der Waals surface area contributed by atoms with Gasteiger partial charge in [0.2, 0.25) is 0 Å². The highest BCUT2D eigenvalue weighted by Gasteiger charge is 2.31. The van der Waals surface area contributed by atoms with Gasteiger partial charge in [0.15, 0.2) is 0 Å². The first-order chi connectivity index (χ1) is 9.55. The number of rotatable bonds is 3. The minimum atomic E-state index is -0.104. The van der Waals surface area contributed by atoms with Gasteiger partial charge >= 0.3 is 0 Å². The normalized spacial score (nSPS) is 15.6. The van der Waals surface area contributed by atoms with Gasteiger partial charge in [-0.2, -0.15) is 0 Å². The van der Waals surface area contributed by atoms with E-state index < -0.39 is 0 Å².